The quantitative estimate of drug-likeness (QED) is 0.886. The first-order valence-corrected chi connectivity index (χ1v) is 7.78. The van der Waals surface area contributed by atoms with Gasteiger partial charge in [0.2, 0.25) is 10.0 Å². The molecule has 1 saturated carbocycles. The predicted molar refractivity (Wildman–Crippen MR) is 69.4 cm³/mol. The van der Waals surface area contributed by atoms with Crippen LogP contribution in [0, 0.1) is 11.8 Å². The lowest BCUT2D eigenvalue weighted by molar-refractivity contribution is -0.00416. The van der Waals surface area contributed by atoms with E-state index in [9.17, 15) is 13.5 Å². The number of hydrogen-bond acceptors (Lipinski definition) is 4. The number of fused-ring (bicyclic) bond motifs is 1. The Morgan fingerprint density at radius 3 is 2.47 bits per heavy atom. The summed E-state index contributed by atoms with van der Waals surface area (Å²) < 4.78 is 31.4. The molecule has 0 radical (unpaired) electrons. The van der Waals surface area contributed by atoms with Crippen molar-refractivity contribution in [2.45, 2.75) is 17.4 Å². The molecule has 19 heavy (non-hydrogen) atoms. The van der Waals surface area contributed by atoms with Gasteiger partial charge >= 0.3 is 0 Å². The summed E-state index contributed by atoms with van der Waals surface area (Å²) >= 11 is 0. The molecule has 0 amide bonds. The van der Waals surface area contributed by atoms with Crippen LogP contribution in [0.3, 0.4) is 0 Å². The number of nitrogens with zero attached hydrogens (tertiary/aromatic N) is 1. The standard InChI is InChI=1S/C13H17NO4S/c1-18-10-2-4-11(5-3-10)19(16,17)14-7-9-6-13(15)12(9)8-14/h2-5,9,12-13,15H,6-8H2,1H3/t9-,12+,13+/m1/s1. The zero-order valence-corrected chi connectivity index (χ0v) is 11.5. The van der Waals surface area contributed by atoms with Crippen molar-refractivity contribution >= 4 is 10.0 Å². The Balaban J connectivity index is 1.82. The van der Waals surface area contributed by atoms with Crippen LogP contribution in [-0.4, -0.2) is 44.1 Å². The molecule has 0 aromatic heterocycles. The largest absolute Gasteiger partial charge is 0.497 e. The third kappa shape index (κ3) is 2.04. The number of sulfonamides is 1. The van der Waals surface area contributed by atoms with Gasteiger partial charge < -0.3 is 9.84 Å². The molecule has 0 unspecified atom stereocenters. The van der Waals surface area contributed by atoms with Crippen molar-refractivity contribution in [3.05, 3.63) is 24.3 Å². The molecule has 104 valence electrons. The van der Waals surface area contributed by atoms with E-state index in [4.69, 9.17) is 4.74 Å². The highest BCUT2D eigenvalue weighted by atomic mass is 32.2. The molecule has 1 aromatic rings. The SMILES string of the molecule is COc1ccc(S(=O)(=O)N2C[C@H]3C[C@H](O)[C@H]3C2)cc1. The lowest BCUT2D eigenvalue weighted by Gasteiger charge is -2.34. The molecule has 0 bridgehead atoms. The van der Waals surface area contributed by atoms with Gasteiger partial charge in [-0.25, -0.2) is 8.42 Å². The summed E-state index contributed by atoms with van der Waals surface area (Å²) in [5.74, 6) is 1.08. The summed E-state index contributed by atoms with van der Waals surface area (Å²) in [5.41, 5.74) is 0. The van der Waals surface area contributed by atoms with E-state index in [2.05, 4.69) is 0 Å². The summed E-state index contributed by atoms with van der Waals surface area (Å²) in [4.78, 5) is 0.282. The number of benzene rings is 1. The summed E-state index contributed by atoms with van der Waals surface area (Å²) in [6.45, 7) is 0.955. The van der Waals surface area contributed by atoms with E-state index in [0.717, 1.165) is 6.42 Å². The highest BCUT2D eigenvalue weighted by Gasteiger charge is 2.49. The van der Waals surface area contributed by atoms with Gasteiger partial charge in [0.25, 0.3) is 0 Å². The zero-order valence-electron chi connectivity index (χ0n) is 10.7. The van der Waals surface area contributed by atoms with E-state index >= 15 is 0 Å². The molecule has 1 aliphatic carbocycles. The van der Waals surface area contributed by atoms with Crippen molar-refractivity contribution in [1.82, 2.24) is 4.31 Å². The molecule has 1 N–H and O–H groups in total. The summed E-state index contributed by atoms with van der Waals surface area (Å²) in [7, 11) is -1.90. The molecule has 2 fully saturated rings. The maximum Gasteiger partial charge on any atom is 0.243 e. The van der Waals surface area contributed by atoms with Crippen molar-refractivity contribution in [3.8, 4) is 5.75 Å². The topological polar surface area (TPSA) is 66.8 Å². The van der Waals surface area contributed by atoms with Gasteiger partial charge in [0, 0.05) is 19.0 Å². The van der Waals surface area contributed by atoms with Crippen LogP contribution in [0.25, 0.3) is 0 Å². The molecule has 3 atom stereocenters. The molecule has 1 aliphatic heterocycles. The van der Waals surface area contributed by atoms with Crippen LogP contribution in [0.1, 0.15) is 6.42 Å². The van der Waals surface area contributed by atoms with E-state index in [1.807, 2.05) is 0 Å². The normalized spacial score (nSPS) is 30.7. The minimum Gasteiger partial charge on any atom is -0.497 e. The molecule has 1 aromatic carbocycles. The van der Waals surface area contributed by atoms with Gasteiger partial charge in [-0.2, -0.15) is 4.31 Å². The average molecular weight is 283 g/mol. The molecule has 5 nitrogen and oxygen atoms in total. The van der Waals surface area contributed by atoms with Crippen LogP contribution < -0.4 is 4.74 Å². The van der Waals surface area contributed by atoms with Gasteiger partial charge in [0.05, 0.1) is 18.1 Å². The van der Waals surface area contributed by atoms with E-state index in [1.54, 1.807) is 31.4 Å². The number of aliphatic hydroxyl groups is 1. The third-order valence-corrected chi connectivity index (χ3v) is 6.04. The van der Waals surface area contributed by atoms with Crippen LogP contribution in [0.4, 0.5) is 0 Å². The number of methoxy groups -OCH3 is 1. The molecule has 2 aliphatic rings. The van der Waals surface area contributed by atoms with E-state index in [1.165, 1.54) is 4.31 Å². The fraction of sp³-hybridized carbons (Fsp3) is 0.538. The summed E-state index contributed by atoms with van der Waals surface area (Å²) in [5, 5.41) is 9.60. The van der Waals surface area contributed by atoms with Crippen LogP contribution >= 0.6 is 0 Å². The maximum absolute atomic E-state index is 12.5. The Morgan fingerprint density at radius 2 is 1.95 bits per heavy atom. The van der Waals surface area contributed by atoms with Gasteiger partial charge in [-0.3, -0.25) is 0 Å². The number of hydrogen-bond donors (Lipinski definition) is 1. The van der Waals surface area contributed by atoms with Gasteiger partial charge in [-0.05, 0) is 36.6 Å². The zero-order chi connectivity index (χ0) is 13.6. The lowest BCUT2D eigenvalue weighted by atomic mass is 9.74. The van der Waals surface area contributed by atoms with Crippen LogP contribution in [-0.2, 0) is 10.0 Å². The van der Waals surface area contributed by atoms with Crippen molar-refractivity contribution in [2.24, 2.45) is 11.8 Å². The molecule has 3 rings (SSSR count). The molecule has 1 heterocycles. The van der Waals surface area contributed by atoms with E-state index in [0.29, 0.717) is 24.8 Å². The fourth-order valence-corrected chi connectivity index (χ4v) is 4.46. The van der Waals surface area contributed by atoms with Gasteiger partial charge in [-0.15, -0.1) is 0 Å². The summed E-state index contributed by atoms with van der Waals surface area (Å²) in [6.07, 6.45) is 0.389. The minimum absolute atomic E-state index is 0.119. The second-order valence-corrected chi connectivity index (χ2v) is 7.16. The smallest absolute Gasteiger partial charge is 0.243 e. The molecular formula is C13H17NO4S. The van der Waals surface area contributed by atoms with Crippen molar-refractivity contribution in [1.29, 1.82) is 0 Å². The highest BCUT2D eigenvalue weighted by Crippen LogP contribution is 2.42. The molecular weight excluding hydrogens is 266 g/mol. The molecule has 1 saturated heterocycles. The molecule has 6 heteroatoms. The number of ether oxygens (including phenoxy) is 1. The summed E-state index contributed by atoms with van der Waals surface area (Å²) in [6, 6.07) is 6.41. The Bertz CT molecular complexity index is 569. The van der Waals surface area contributed by atoms with Crippen molar-refractivity contribution in [2.75, 3.05) is 20.2 Å². The lowest BCUT2D eigenvalue weighted by Crippen LogP contribution is -2.39. The monoisotopic (exact) mass is 283 g/mol. The minimum atomic E-state index is -3.45. The van der Waals surface area contributed by atoms with Gasteiger partial charge in [-0.1, -0.05) is 0 Å². The van der Waals surface area contributed by atoms with E-state index < -0.39 is 10.0 Å². The predicted octanol–water partition coefficient (Wildman–Crippen LogP) is 0.696. The second-order valence-electron chi connectivity index (χ2n) is 5.22. The third-order valence-electron chi connectivity index (χ3n) is 4.19. The van der Waals surface area contributed by atoms with Crippen molar-refractivity contribution in [3.63, 3.8) is 0 Å². The maximum atomic E-state index is 12.5. The van der Waals surface area contributed by atoms with Gasteiger partial charge in [0.1, 0.15) is 5.75 Å². The Morgan fingerprint density at radius 1 is 1.26 bits per heavy atom. The molecule has 0 spiro atoms. The Hall–Kier alpha value is -1.11. The van der Waals surface area contributed by atoms with Crippen LogP contribution in [0.15, 0.2) is 29.2 Å². The van der Waals surface area contributed by atoms with Crippen molar-refractivity contribution < 1.29 is 18.3 Å². The van der Waals surface area contributed by atoms with Crippen LogP contribution in [0.5, 0.6) is 5.75 Å². The number of aliphatic hydroxyl groups excluding tert-OH is 1. The first kappa shape index (κ1) is 12.9. The number of rotatable bonds is 3. The van der Waals surface area contributed by atoms with Gasteiger partial charge in [0.15, 0.2) is 0 Å². The second kappa shape index (κ2) is 4.47. The fourth-order valence-electron chi connectivity index (χ4n) is 2.92. The van der Waals surface area contributed by atoms with E-state index in [-0.39, 0.29) is 16.9 Å². The van der Waals surface area contributed by atoms with Crippen LogP contribution in [0.2, 0.25) is 0 Å². The Kier molecular flexibility index (Phi) is 3.03. The Labute approximate surface area is 112 Å². The highest BCUT2D eigenvalue weighted by molar-refractivity contribution is 7.89. The first-order valence-electron chi connectivity index (χ1n) is 6.34. The average Bonchev–Trinajstić information content (AvgIpc) is 2.77. The first-order chi connectivity index (χ1) is 9.02.